The number of aryl methyl sites for hydroxylation is 1. The van der Waals surface area contributed by atoms with Crippen molar-refractivity contribution in [2.75, 3.05) is 5.73 Å². The van der Waals surface area contributed by atoms with Crippen LogP contribution in [0.1, 0.15) is 0 Å². The van der Waals surface area contributed by atoms with Gasteiger partial charge < -0.3 is 5.73 Å². The van der Waals surface area contributed by atoms with Crippen LogP contribution in [0.15, 0.2) is 30.7 Å². The minimum atomic E-state index is 0.529. The molecule has 0 unspecified atom stereocenters. The molecule has 2 N–H and O–H groups in total. The molecule has 2 aromatic rings. The molecule has 0 atom stereocenters. The molecule has 2 rings (SSSR count). The Labute approximate surface area is 76.0 Å². The SMILES string of the molecule is Cn1cc(-c2ccnc(N)c2)cn1. The fourth-order valence-electron chi connectivity index (χ4n) is 1.20. The number of anilines is 1. The molecule has 66 valence electrons. The van der Waals surface area contributed by atoms with E-state index in [1.165, 1.54) is 0 Å². The van der Waals surface area contributed by atoms with Gasteiger partial charge in [-0.05, 0) is 17.7 Å². The summed E-state index contributed by atoms with van der Waals surface area (Å²) in [7, 11) is 1.88. The Bertz CT molecular complexity index is 419. The largest absolute Gasteiger partial charge is 0.384 e. The van der Waals surface area contributed by atoms with Crippen molar-refractivity contribution in [1.82, 2.24) is 14.8 Å². The molecule has 0 aliphatic heterocycles. The first-order valence-corrected chi connectivity index (χ1v) is 3.96. The molecular formula is C9H10N4. The van der Waals surface area contributed by atoms with Gasteiger partial charge >= 0.3 is 0 Å². The predicted octanol–water partition coefficient (Wildman–Crippen LogP) is 1.06. The van der Waals surface area contributed by atoms with Gasteiger partial charge in [0.15, 0.2) is 0 Å². The fourth-order valence-corrected chi connectivity index (χ4v) is 1.20. The molecule has 0 spiro atoms. The molecule has 0 fully saturated rings. The highest BCUT2D eigenvalue weighted by Crippen LogP contribution is 2.18. The Kier molecular flexibility index (Phi) is 1.73. The minimum Gasteiger partial charge on any atom is -0.384 e. The standard InChI is InChI=1S/C9H10N4/c1-13-6-8(5-12-13)7-2-3-11-9(10)4-7/h2-6H,1H3,(H2,10,11). The van der Waals surface area contributed by atoms with Crippen molar-refractivity contribution in [1.29, 1.82) is 0 Å². The van der Waals surface area contributed by atoms with Crippen molar-refractivity contribution in [3.8, 4) is 11.1 Å². The fraction of sp³-hybridized carbons (Fsp3) is 0.111. The van der Waals surface area contributed by atoms with Crippen molar-refractivity contribution in [2.24, 2.45) is 7.05 Å². The molecule has 0 amide bonds. The van der Waals surface area contributed by atoms with Crippen LogP contribution in [0.4, 0.5) is 5.82 Å². The number of hydrogen-bond donors (Lipinski definition) is 1. The Balaban J connectivity index is 2.46. The van der Waals surface area contributed by atoms with E-state index in [1.807, 2.05) is 25.4 Å². The van der Waals surface area contributed by atoms with Gasteiger partial charge in [0.25, 0.3) is 0 Å². The normalized spacial score (nSPS) is 10.2. The monoisotopic (exact) mass is 174 g/mol. The van der Waals surface area contributed by atoms with Crippen LogP contribution in [0, 0.1) is 0 Å². The Morgan fingerprint density at radius 1 is 1.38 bits per heavy atom. The van der Waals surface area contributed by atoms with Crippen molar-refractivity contribution in [3.63, 3.8) is 0 Å². The van der Waals surface area contributed by atoms with Gasteiger partial charge in [0, 0.05) is 25.0 Å². The van der Waals surface area contributed by atoms with Crippen LogP contribution in [-0.2, 0) is 7.05 Å². The van der Waals surface area contributed by atoms with E-state index >= 15 is 0 Å². The first kappa shape index (κ1) is 7.79. The quantitative estimate of drug-likeness (QED) is 0.703. The van der Waals surface area contributed by atoms with E-state index in [0.717, 1.165) is 11.1 Å². The first-order chi connectivity index (χ1) is 6.25. The van der Waals surface area contributed by atoms with E-state index in [1.54, 1.807) is 17.1 Å². The lowest BCUT2D eigenvalue weighted by molar-refractivity contribution is 0.768. The van der Waals surface area contributed by atoms with E-state index in [2.05, 4.69) is 10.1 Å². The summed E-state index contributed by atoms with van der Waals surface area (Å²) in [6, 6.07) is 3.74. The zero-order valence-corrected chi connectivity index (χ0v) is 7.31. The van der Waals surface area contributed by atoms with Crippen LogP contribution in [0.25, 0.3) is 11.1 Å². The van der Waals surface area contributed by atoms with Gasteiger partial charge in [0.1, 0.15) is 5.82 Å². The molecular weight excluding hydrogens is 164 g/mol. The molecule has 0 aliphatic carbocycles. The Morgan fingerprint density at radius 3 is 2.85 bits per heavy atom. The van der Waals surface area contributed by atoms with Gasteiger partial charge in [0.05, 0.1) is 6.20 Å². The third-order valence-corrected chi connectivity index (χ3v) is 1.82. The maximum Gasteiger partial charge on any atom is 0.123 e. The summed E-state index contributed by atoms with van der Waals surface area (Å²) in [5.41, 5.74) is 7.66. The average Bonchev–Trinajstić information content (AvgIpc) is 2.52. The van der Waals surface area contributed by atoms with Crippen LogP contribution >= 0.6 is 0 Å². The van der Waals surface area contributed by atoms with Gasteiger partial charge in [-0.25, -0.2) is 4.98 Å². The topological polar surface area (TPSA) is 56.7 Å². The molecule has 0 aliphatic rings. The van der Waals surface area contributed by atoms with E-state index in [9.17, 15) is 0 Å². The molecule has 4 heteroatoms. The predicted molar refractivity (Wildman–Crippen MR) is 50.9 cm³/mol. The summed E-state index contributed by atoms with van der Waals surface area (Å²) >= 11 is 0. The van der Waals surface area contributed by atoms with E-state index in [4.69, 9.17) is 5.73 Å². The maximum absolute atomic E-state index is 5.56. The third kappa shape index (κ3) is 1.51. The second-order valence-corrected chi connectivity index (χ2v) is 2.87. The van der Waals surface area contributed by atoms with Gasteiger partial charge in [0.2, 0.25) is 0 Å². The maximum atomic E-state index is 5.56. The summed E-state index contributed by atoms with van der Waals surface area (Å²) in [5.74, 6) is 0.529. The second kappa shape index (κ2) is 2.90. The highest BCUT2D eigenvalue weighted by Gasteiger charge is 1.99. The van der Waals surface area contributed by atoms with Crippen LogP contribution in [-0.4, -0.2) is 14.8 Å². The van der Waals surface area contributed by atoms with Gasteiger partial charge in [-0.1, -0.05) is 0 Å². The number of nitrogens with zero attached hydrogens (tertiary/aromatic N) is 3. The molecule has 2 aromatic heterocycles. The number of aromatic nitrogens is 3. The average molecular weight is 174 g/mol. The Hall–Kier alpha value is -1.84. The molecule has 2 heterocycles. The van der Waals surface area contributed by atoms with E-state index in [0.29, 0.717) is 5.82 Å². The number of hydrogen-bond acceptors (Lipinski definition) is 3. The van der Waals surface area contributed by atoms with E-state index in [-0.39, 0.29) is 0 Å². The first-order valence-electron chi connectivity index (χ1n) is 3.96. The Morgan fingerprint density at radius 2 is 2.23 bits per heavy atom. The second-order valence-electron chi connectivity index (χ2n) is 2.87. The van der Waals surface area contributed by atoms with Crippen molar-refractivity contribution >= 4 is 5.82 Å². The van der Waals surface area contributed by atoms with E-state index < -0.39 is 0 Å². The van der Waals surface area contributed by atoms with Crippen LogP contribution in [0.2, 0.25) is 0 Å². The molecule has 0 saturated heterocycles. The zero-order chi connectivity index (χ0) is 9.26. The van der Waals surface area contributed by atoms with Crippen LogP contribution in [0.5, 0.6) is 0 Å². The molecule has 0 saturated carbocycles. The van der Waals surface area contributed by atoms with Crippen molar-refractivity contribution in [2.45, 2.75) is 0 Å². The molecule has 4 nitrogen and oxygen atoms in total. The summed E-state index contributed by atoms with van der Waals surface area (Å²) in [6.45, 7) is 0. The number of nitrogen functional groups attached to an aromatic ring is 1. The van der Waals surface area contributed by atoms with Gasteiger partial charge in [-0.15, -0.1) is 0 Å². The number of rotatable bonds is 1. The van der Waals surface area contributed by atoms with Crippen molar-refractivity contribution in [3.05, 3.63) is 30.7 Å². The third-order valence-electron chi connectivity index (χ3n) is 1.82. The highest BCUT2D eigenvalue weighted by molar-refractivity contribution is 5.63. The summed E-state index contributed by atoms with van der Waals surface area (Å²) in [4.78, 5) is 3.92. The van der Waals surface area contributed by atoms with Gasteiger partial charge in [-0.3, -0.25) is 4.68 Å². The lowest BCUT2D eigenvalue weighted by atomic mass is 10.1. The van der Waals surface area contributed by atoms with Gasteiger partial charge in [-0.2, -0.15) is 5.10 Å². The lowest BCUT2D eigenvalue weighted by Gasteiger charge is -1.96. The van der Waals surface area contributed by atoms with Crippen molar-refractivity contribution < 1.29 is 0 Å². The van der Waals surface area contributed by atoms with Crippen LogP contribution < -0.4 is 5.73 Å². The zero-order valence-electron chi connectivity index (χ0n) is 7.31. The summed E-state index contributed by atoms with van der Waals surface area (Å²) in [6.07, 6.45) is 5.43. The molecule has 0 radical (unpaired) electrons. The number of nitrogens with two attached hydrogens (primary N) is 1. The summed E-state index contributed by atoms with van der Waals surface area (Å²) in [5, 5.41) is 4.08. The number of pyridine rings is 1. The van der Waals surface area contributed by atoms with Crippen LogP contribution in [0.3, 0.4) is 0 Å². The lowest BCUT2D eigenvalue weighted by Crippen LogP contribution is -1.88. The highest BCUT2D eigenvalue weighted by atomic mass is 15.2. The molecule has 13 heavy (non-hydrogen) atoms. The molecule has 0 bridgehead atoms. The molecule has 0 aromatic carbocycles. The smallest absolute Gasteiger partial charge is 0.123 e. The minimum absolute atomic E-state index is 0.529. The summed E-state index contributed by atoms with van der Waals surface area (Å²) < 4.78 is 1.76.